The number of piperidine rings is 1. The van der Waals surface area contributed by atoms with Crippen molar-refractivity contribution >= 4 is 15.7 Å². The number of carbonyl (C=O) groups excluding carboxylic acids is 1. The number of carbonyl (C=O) groups is 1. The maximum Gasteiger partial charge on any atom is 0.224 e. The molecule has 6 nitrogen and oxygen atoms in total. The number of hydrogen-bond acceptors (Lipinski definition) is 5. The van der Waals surface area contributed by atoms with Crippen LogP contribution in [0.15, 0.2) is 0 Å². The van der Waals surface area contributed by atoms with Gasteiger partial charge in [-0.25, -0.2) is 8.42 Å². The van der Waals surface area contributed by atoms with Crippen LogP contribution >= 0.6 is 0 Å². The Balaban J connectivity index is 1.64. The van der Waals surface area contributed by atoms with Crippen LogP contribution in [0, 0.1) is 0 Å². The van der Waals surface area contributed by atoms with Crippen molar-refractivity contribution in [3.63, 3.8) is 0 Å². The fourth-order valence-corrected chi connectivity index (χ4v) is 3.60. The van der Waals surface area contributed by atoms with E-state index in [2.05, 4.69) is 5.32 Å². The van der Waals surface area contributed by atoms with Gasteiger partial charge in [-0.3, -0.25) is 4.79 Å². The average molecular weight is 290 g/mol. The number of nitrogens with zero attached hydrogens (tertiary/aromatic N) is 1. The number of sulfone groups is 1. The summed E-state index contributed by atoms with van der Waals surface area (Å²) in [5.41, 5.74) is 0. The lowest BCUT2D eigenvalue weighted by molar-refractivity contribution is -0.132. The maximum absolute atomic E-state index is 11.9. The highest BCUT2D eigenvalue weighted by atomic mass is 32.2. The van der Waals surface area contributed by atoms with Gasteiger partial charge in [-0.15, -0.1) is 0 Å². The van der Waals surface area contributed by atoms with E-state index >= 15 is 0 Å². The highest BCUT2D eigenvalue weighted by Gasteiger charge is 2.24. The van der Waals surface area contributed by atoms with Crippen LogP contribution < -0.4 is 5.32 Å². The molecule has 0 unspecified atom stereocenters. The molecule has 1 N–H and O–H groups in total. The Kier molecular flexibility index (Phi) is 5.18. The Bertz CT molecular complexity index is 390. The van der Waals surface area contributed by atoms with E-state index in [1.165, 1.54) is 0 Å². The second-order valence-corrected chi connectivity index (χ2v) is 7.41. The molecule has 2 rings (SSSR count). The second kappa shape index (κ2) is 6.67. The highest BCUT2D eigenvalue weighted by molar-refractivity contribution is 7.91. The van der Waals surface area contributed by atoms with Crippen molar-refractivity contribution < 1.29 is 17.9 Å². The quantitative estimate of drug-likeness (QED) is 0.748. The number of amides is 1. The van der Waals surface area contributed by atoms with E-state index in [1.54, 1.807) is 4.90 Å². The molecular weight excluding hydrogens is 268 g/mol. The fourth-order valence-electron chi connectivity index (χ4n) is 2.39. The van der Waals surface area contributed by atoms with Crippen LogP contribution in [0.5, 0.6) is 0 Å². The smallest absolute Gasteiger partial charge is 0.224 e. The third-order valence-corrected chi connectivity index (χ3v) is 5.26. The summed E-state index contributed by atoms with van der Waals surface area (Å²) in [5.74, 6) is 0.186. The zero-order valence-corrected chi connectivity index (χ0v) is 12.0. The number of hydrogen-bond donors (Lipinski definition) is 1. The Labute approximate surface area is 114 Å². The van der Waals surface area contributed by atoms with Gasteiger partial charge in [-0.05, 0) is 25.9 Å². The monoisotopic (exact) mass is 290 g/mol. The average Bonchev–Trinajstić information content (AvgIpc) is 2.39. The first kappa shape index (κ1) is 14.7. The predicted molar refractivity (Wildman–Crippen MR) is 71.7 cm³/mol. The molecule has 0 aliphatic carbocycles. The minimum absolute atomic E-state index is 0.00355. The van der Waals surface area contributed by atoms with Crippen LogP contribution in [0.2, 0.25) is 0 Å². The summed E-state index contributed by atoms with van der Waals surface area (Å²) in [4.78, 5) is 13.5. The third kappa shape index (κ3) is 4.74. The van der Waals surface area contributed by atoms with E-state index in [-0.39, 0.29) is 23.5 Å². The minimum Gasteiger partial charge on any atom is -0.378 e. The summed E-state index contributed by atoms with van der Waals surface area (Å²) in [6.07, 6.45) is 2.60. The number of nitrogens with one attached hydrogen (secondary N) is 1. The number of ether oxygens (including phenoxy) is 1. The van der Waals surface area contributed by atoms with Gasteiger partial charge >= 0.3 is 0 Å². The molecule has 0 spiro atoms. The van der Waals surface area contributed by atoms with Crippen molar-refractivity contribution in [3.05, 3.63) is 0 Å². The first-order valence-corrected chi connectivity index (χ1v) is 8.69. The zero-order chi connectivity index (χ0) is 13.7. The first-order valence-electron chi connectivity index (χ1n) is 6.87. The Morgan fingerprint density at radius 3 is 2.47 bits per heavy atom. The summed E-state index contributed by atoms with van der Waals surface area (Å²) in [6, 6.07) is 0. The molecule has 19 heavy (non-hydrogen) atoms. The molecule has 2 fully saturated rings. The van der Waals surface area contributed by atoms with E-state index in [1.807, 2.05) is 0 Å². The maximum atomic E-state index is 11.9. The van der Waals surface area contributed by atoms with Crippen molar-refractivity contribution in [3.8, 4) is 0 Å². The van der Waals surface area contributed by atoms with Gasteiger partial charge in [0.2, 0.25) is 5.91 Å². The molecule has 7 heteroatoms. The Morgan fingerprint density at radius 2 is 1.84 bits per heavy atom. The molecule has 0 aromatic heterocycles. The Hall–Kier alpha value is -0.660. The summed E-state index contributed by atoms with van der Waals surface area (Å²) in [6.45, 7) is 3.04. The van der Waals surface area contributed by atoms with Gasteiger partial charge in [0.05, 0.1) is 30.6 Å². The van der Waals surface area contributed by atoms with E-state index in [4.69, 9.17) is 4.74 Å². The molecule has 1 amide bonds. The van der Waals surface area contributed by atoms with Crippen molar-refractivity contribution in [2.45, 2.75) is 25.4 Å². The van der Waals surface area contributed by atoms with Crippen LogP contribution in [0.25, 0.3) is 0 Å². The summed E-state index contributed by atoms with van der Waals surface area (Å²) in [7, 11) is -2.92. The lowest BCUT2D eigenvalue weighted by Crippen LogP contribution is -2.44. The molecule has 0 bridgehead atoms. The van der Waals surface area contributed by atoms with Crippen LogP contribution in [-0.2, 0) is 19.4 Å². The SMILES string of the molecule is O=C(CCOC1CCNCC1)N1CCS(=O)(=O)CC1. The van der Waals surface area contributed by atoms with Crippen molar-refractivity contribution in [1.82, 2.24) is 10.2 Å². The van der Waals surface area contributed by atoms with E-state index in [0.29, 0.717) is 26.1 Å². The molecule has 0 saturated carbocycles. The van der Waals surface area contributed by atoms with Crippen LogP contribution in [0.1, 0.15) is 19.3 Å². The largest absolute Gasteiger partial charge is 0.378 e. The molecule has 0 aromatic rings. The lowest BCUT2D eigenvalue weighted by Gasteiger charge is -2.27. The van der Waals surface area contributed by atoms with Gasteiger partial charge in [0.1, 0.15) is 0 Å². The van der Waals surface area contributed by atoms with E-state index in [0.717, 1.165) is 25.9 Å². The zero-order valence-electron chi connectivity index (χ0n) is 11.1. The van der Waals surface area contributed by atoms with Crippen molar-refractivity contribution in [1.29, 1.82) is 0 Å². The lowest BCUT2D eigenvalue weighted by atomic mass is 10.1. The highest BCUT2D eigenvalue weighted by Crippen LogP contribution is 2.09. The van der Waals surface area contributed by atoms with Crippen molar-refractivity contribution in [2.24, 2.45) is 0 Å². The van der Waals surface area contributed by atoms with Gasteiger partial charge in [0.15, 0.2) is 9.84 Å². The van der Waals surface area contributed by atoms with Crippen LogP contribution in [0.3, 0.4) is 0 Å². The minimum atomic E-state index is -2.92. The standard InChI is InChI=1S/C12H22N2O4S/c15-12(14-6-9-19(16,17)10-7-14)3-8-18-11-1-4-13-5-2-11/h11,13H,1-10H2. The molecular formula is C12H22N2O4S. The fraction of sp³-hybridized carbons (Fsp3) is 0.917. The molecule has 0 atom stereocenters. The summed E-state index contributed by atoms with van der Waals surface area (Å²) >= 11 is 0. The van der Waals surface area contributed by atoms with Gasteiger partial charge in [0, 0.05) is 13.1 Å². The third-order valence-electron chi connectivity index (χ3n) is 3.65. The van der Waals surface area contributed by atoms with Crippen LogP contribution in [0.4, 0.5) is 0 Å². The summed E-state index contributed by atoms with van der Waals surface area (Å²) in [5, 5.41) is 3.26. The molecule has 0 aromatic carbocycles. The van der Waals surface area contributed by atoms with Gasteiger partial charge in [0.25, 0.3) is 0 Å². The first-order chi connectivity index (χ1) is 9.07. The second-order valence-electron chi connectivity index (χ2n) is 5.10. The molecule has 2 heterocycles. The molecule has 110 valence electrons. The normalized spacial score (nSPS) is 24.3. The molecule has 0 radical (unpaired) electrons. The van der Waals surface area contributed by atoms with Gasteiger partial charge in [-0.2, -0.15) is 0 Å². The van der Waals surface area contributed by atoms with E-state index < -0.39 is 9.84 Å². The molecule has 2 aliphatic heterocycles. The Morgan fingerprint density at radius 1 is 1.21 bits per heavy atom. The molecule has 2 aliphatic rings. The number of rotatable bonds is 4. The van der Waals surface area contributed by atoms with Crippen LogP contribution in [-0.4, -0.2) is 69.6 Å². The molecule has 2 saturated heterocycles. The van der Waals surface area contributed by atoms with Gasteiger partial charge < -0.3 is 15.0 Å². The predicted octanol–water partition coefficient (Wildman–Crippen LogP) is -0.598. The van der Waals surface area contributed by atoms with Crippen molar-refractivity contribution in [2.75, 3.05) is 44.3 Å². The topological polar surface area (TPSA) is 75.7 Å². The summed E-state index contributed by atoms with van der Waals surface area (Å²) < 4.78 is 28.2. The van der Waals surface area contributed by atoms with E-state index in [9.17, 15) is 13.2 Å². The van der Waals surface area contributed by atoms with Gasteiger partial charge in [-0.1, -0.05) is 0 Å².